The van der Waals surface area contributed by atoms with Gasteiger partial charge >= 0.3 is 0 Å². The molecule has 16 heavy (non-hydrogen) atoms. The number of aliphatic hydroxyl groups is 1. The van der Waals surface area contributed by atoms with Crippen LogP contribution in [0.4, 0.5) is 0 Å². The minimum atomic E-state index is -0.614. The van der Waals surface area contributed by atoms with Gasteiger partial charge in [0.05, 0.1) is 18.2 Å². The highest BCUT2D eigenvalue weighted by molar-refractivity contribution is 4.90. The highest BCUT2D eigenvalue weighted by Gasteiger charge is 2.42. The summed E-state index contributed by atoms with van der Waals surface area (Å²) in [5.74, 6) is -0.161. The van der Waals surface area contributed by atoms with Gasteiger partial charge in [-0.25, -0.2) is 0 Å². The van der Waals surface area contributed by atoms with Crippen molar-refractivity contribution in [1.29, 1.82) is 0 Å². The summed E-state index contributed by atoms with van der Waals surface area (Å²) >= 11 is 0. The molecule has 1 aliphatic heterocycles. The molecule has 0 amide bonds. The molecular weight excluding hydrogens is 210 g/mol. The summed E-state index contributed by atoms with van der Waals surface area (Å²) in [6.45, 7) is 6.13. The van der Waals surface area contributed by atoms with Crippen molar-refractivity contribution in [3.05, 3.63) is 10.4 Å². The molecule has 0 bridgehead atoms. The maximum Gasteiger partial charge on any atom is 0.166 e. The number of hydrogen-bond acceptors (Lipinski definition) is 4. The van der Waals surface area contributed by atoms with Crippen LogP contribution in [0.2, 0.25) is 0 Å². The average Bonchev–Trinajstić information content (AvgIpc) is 2.28. The van der Waals surface area contributed by atoms with E-state index in [9.17, 15) is 5.11 Å². The van der Waals surface area contributed by atoms with Gasteiger partial charge in [-0.05, 0) is 24.8 Å². The Bertz CT molecular complexity index is 268. The van der Waals surface area contributed by atoms with E-state index in [1.807, 2.05) is 20.8 Å². The van der Waals surface area contributed by atoms with E-state index < -0.39 is 18.4 Å². The highest BCUT2D eigenvalue weighted by atomic mass is 16.7. The van der Waals surface area contributed by atoms with E-state index in [2.05, 4.69) is 10.0 Å². The van der Waals surface area contributed by atoms with Crippen molar-refractivity contribution in [2.24, 2.45) is 11.0 Å². The molecule has 1 rings (SSSR count). The van der Waals surface area contributed by atoms with Gasteiger partial charge in [0.15, 0.2) is 6.29 Å². The zero-order chi connectivity index (χ0) is 12.1. The summed E-state index contributed by atoms with van der Waals surface area (Å²) in [5, 5.41) is 13.6. The zero-order valence-corrected chi connectivity index (χ0v) is 9.91. The van der Waals surface area contributed by atoms with Crippen LogP contribution in [-0.4, -0.2) is 36.3 Å². The fourth-order valence-electron chi connectivity index (χ4n) is 1.98. The third-order valence-electron chi connectivity index (χ3n) is 2.96. The Labute approximate surface area is 95.2 Å². The lowest BCUT2D eigenvalue weighted by Gasteiger charge is -2.41. The number of hydrogen-bond donors (Lipinski definition) is 1. The van der Waals surface area contributed by atoms with E-state index in [0.29, 0.717) is 13.0 Å². The van der Waals surface area contributed by atoms with E-state index >= 15 is 0 Å². The molecule has 1 saturated heterocycles. The van der Waals surface area contributed by atoms with Crippen molar-refractivity contribution in [3.8, 4) is 0 Å². The maximum atomic E-state index is 9.96. The Hall–Kier alpha value is -0.810. The molecule has 1 aliphatic rings. The van der Waals surface area contributed by atoms with Gasteiger partial charge in [-0.15, -0.1) is 0 Å². The zero-order valence-electron chi connectivity index (χ0n) is 9.91. The largest absolute Gasteiger partial charge is 0.390 e. The second-order valence-corrected chi connectivity index (χ2v) is 3.95. The topological polar surface area (TPSA) is 87.5 Å². The van der Waals surface area contributed by atoms with Gasteiger partial charge in [0.2, 0.25) is 0 Å². The van der Waals surface area contributed by atoms with Crippen LogP contribution in [0.3, 0.4) is 0 Å². The monoisotopic (exact) mass is 229 g/mol. The predicted octanol–water partition coefficient (Wildman–Crippen LogP) is 1.83. The normalized spacial score (nSPS) is 39.1. The molecule has 3 unspecified atom stereocenters. The summed E-state index contributed by atoms with van der Waals surface area (Å²) in [4.78, 5) is 2.78. The Morgan fingerprint density at radius 3 is 2.69 bits per heavy atom. The van der Waals surface area contributed by atoms with Gasteiger partial charge in [0, 0.05) is 11.5 Å². The second kappa shape index (κ2) is 6.06. The number of azide groups is 1. The molecule has 1 fully saturated rings. The quantitative estimate of drug-likeness (QED) is 0.453. The Balaban J connectivity index is 2.83. The van der Waals surface area contributed by atoms with Gasteiger partial charge in [-0.3, -0.25) is 0 Å². The van der Waals surface area contributed by atoms with Crippen molar-refractivity contribution in [2.45, 2.75) is 51.7 Å². The van der Waals surface area contributed by atoms with E-state index in [1.54, 1.807) is 0 Å². The Kier molecular flexibility index (Phi) is 5.02. The summed E-state index contributed by atoms with van der Waals surface area (Å²) in [7, 11) is 0. The Morgan fingerprint density at radius 2 is 2.19 bits per heavy atom. The molecule has 6 nitrogen and oxygen atoms in total. The third kappa shape index (κ3) is 2.65. The molecule has 1 heterocycles. The van der Waals surface area contributed by atoms with Crippen molar-refractivity contribution < 1.29 is 14.6 Å². The van der Waals surface area contributed by atoms with Gasteiger partial charge in [-0.2, -0.15) is 0 Å². The number of rotatable bonds is 4. The number of aliphatic hydroxyl groups excluding tert-OH is 1. The minimum Gasteiger partial charge on any atom is -0.390 e. The molecule has 92 valence electrons. The first kappa shape index (κ1) is 13.3. The number of ether oxygens (including phenoxy) is 2. The van der Waals surface area contributed by atoms with Crippen molar-refractivity contribution in [1.82, 2.24) is 0 Å². The average molecular weight is 229 g/mol. The molecule has 0 saturated carbocycles. The van der Waals surface area contributed by atoms with Crippen LogP contribution in [-0.2, 0) is 9.47 Å². The number of nitrogens with zero attached hydrogens (tertiary/aromatic N) is 3. The van der Waals surface area contributed by atoms with Crippen molar-refractivity contribution >= 4 is 0 Å². The molecule has 0 aromatic rings. The lowest BCUT2D eigenvalue weighted by molar-refractivity contribution is -0.244. The third-order valence-corrected chi connectivity index (χ3v) is 2.96. The van der Waals surface area contributed by atoms with Crippen LogP contribution in [0.25, 0.3) is 10.4 Å². The molecule has 0 aliphatic carbocycles. The van der Waals surface area contributed by atoms with Gasteiger partial charge < -0.3 is 14.6 Å². The fraction of sp³-hybridized carbons (Fsp3) is 1.00. The molecule has 0 aromatic heterocycles. The van der Waals surface area contributed by atoms with Crippen molar-refractivity contribution in [3.63, 3.8) is 0 Å². The highest BCUT2D eigenvalue weighted by Crippen LogP contribution is 2.30. The van der Waals surface area contributed by atoms with Crippen molar-refractivity contribution in [2.75, 3.05) is 6.61 Å². The van der Waals surface area contributed by atoms with E-state index in [-0.39, 0.29) is 12.0 Å². The summed E-state index contributed by atoms with van der Waals surface area (Å²) in [5.41, 5.74) is 8.50. The van der Waals surface area contributed by atoms with E-state index in [4.69, 9.17) is 15.0 Å². The van der Waals surface area contributed by atoms with Gasteiger partial charge in [-0.1, -0.05) is 19.0 Å². The first-order chi connectivity index (χ1) is 7.65. The molecular formula is C10H19N3O3. The lowest BCUT2D eigenvalue weighted by atomic mass is 9.88. The molecule has 5 atom stereocenters. The predicted molar refractivity (Wildman–Crippen MR) is 58.7 cm³/mol. The maximum absolute atomic E-state index is 9.96. The molecule has 1 N–H and O–H groups in total. The Morgan fingerprint density at radius 1 is 1.50 bits per heavy atom. The smallest absolute Gasteiger partial charge is 0.166 e. The van der Waals surface area contributed by atoms with Gasteiger partial charge in [0.1, 0.15) is 0 Å². The van der Waals surface area contributed by atoms with E-state index in [0.717, 1.165) is 0 Å². The standard InChI is InChI=1S/C10H19N3O3/c1-4-7-9(14)6(3)8(12-13-11)10(16-7)15-5-2/h6-10,14H,4-5H2,1-3H3/t6-,7?,8?,9-,10?/m1/s1. The molecule has 0 aromatic carbocycles. The minimum absolute atomic E-state index is 0.161. The first-order valence-corrected chi connectivity index (χ1v) is 5.65. The summed E-state index contributed by atoms with van der Waals surface area (Å²) in [6.07, 6.45) is -0.712. The van der Waals surface area contributed by atoms with Crippen LogP contribution in [0.5, 0.6) is 0 Å². The first-order valence-electron chi connectivity index (χ1n) is 5.65. The fourth-order valence-corrected chi connectivity index (χ4v) is 1.98. The summed E-state index contributed by atoms with van der Waals surface area (Å²) < 4.78 is 11.0. The SMILES string of the molecule is CCOC1OC(CC)[C@H](O)[C@H](C)C1N=[N+]=[N-]. The van der Waals surface area contributed by atoms with Crippen LogP contribution in [0.15, 0.2) is 5.11 Å². The summed E-state index contributed by atoms with van der Waals surface area (Å²) in [6, 6.07) is -0.470. The molecule has 6 heteroatoms. The second-order valence-electron chi connectivity index (χ2n) is 3.95. The van der Waals surface area contributed by atoms with Crippen LogP contribution in [0, 0.1) is 5.92 Å². The van der Waals surface area contributed by atoms with E-state index in [1.165, 1.54) is 0 Å². The molecule has 0 radical (unpaired) electrons. The van der Waals surface area contributed by atoms with Crippen LogP contribution in [0.1, 0.15) is 27.2 Å². The lowest BCUT2D eigenvalue weighted by Crippen LogP contribution is -2.52. The van der Waals surface area contributed by atoms with Crippen LogP contribution < -0.4 is 0 Å². The van der Waals surface area contributed by atoms with Crippen LogP contribution >= 0.6 is 0 Å². The molecule has 0 spiro atoms. The van der Waals surface area contributed by atoms with Gasteiger partial charge in [0.25, 0.3) is 0 Å².